The van der Waals surface area contributed by atoms with E-state index < -0.39 is 0 Å². The molecule has 19 heavy (non-hydrogen) atoms. The Morgan fingerprint density at radius 2 is 2.05 bits per heavy atom. The summed E-state index contributed by atoms with van der Waals surface area (Å²) < 4.78 is 0. The first-order chi connectivity index (χ1) is 9.08. The quantitative estimate of drug-likeness (QED) is 0.506. The predicted molar refractivity (Wildman–Crippen MR) is 77.5 cm³/mol. The molecule has 0 spiro atoms. The molecule has 0 saturated carbocycles. The van der Waals surface area contributed by atoms with Crippen LogP contribution in [0.5, 0.6) is 0 Å². The SMILES string of the molecule is Cc1cc(NCC2CC=CCC2)c([N+](=O)[O-])cc1C. The van der Waals surface area contributed by atoms with E-state index in [9.17, 15) is 10.1 Å². The Labute approximate surface area is 113 Å². The molecule has 1 aliphatic rings. The standard InChI is InChI=1S/C15H20N2O2/c1-11-8-14(15(17(18)19)9-12(11)2)16-10-13-6-4-3-5-7-13/h3-4,8-9,13,16H,5-7,10H2,1-2H3. The summed E-state index contributed by atoms with van der Waals surface area (Å²) in [6.07, 6.45) is 7.73. The lowest BCUT2D eigenvalue weighted by Crippen LogP contribution is -2.16. The van der Waals surface area contributed by atoms with Crippen molar-refractivity contribution in [3.05, 3.63) is 45.5 Å². The Morgan fingerprint density at radius 3 is 2.68 bits per heavy atom. The Bertz CT molecular complexity index is 509. The number of nitrogens with zero attached hydrogens (tertiary/aromatic N) is 1. The zero-order chi connectivity index (χ0) is 13.8. The number of anilines is 1. The molecule has 0 heterocycles. The summed E-state index contributed by atoms with van der Waals surface area (Å²) in [5.41, 5.74) is 2.85. The summed E-state index contributed by atoms with van der Waals surface area (Å²) in [5, 5.41) is 14.3. The molecule has 0 fully saturated rings. The van der Waals surface area contributed by atoms with E-state index >= 15 is 0 Å². The van der Waals surface area contributed by atoms with Crippen LogP contribution in [0.25, 0.3) is 0 Å². The minimum Gasteiger partial charge on any atom is -0.379 e. The molecule has 0 amide bonds. The largest absolute Gasteiger partial charge is 0.379 e. The van der Waals surface area contributed by atoms with Crippen LogP contribution in [0.15, 0.2) is 24.3 Å². The molecule has 0 bridgehead atoms. The predicted octanol–water partition coefficient (Wildman–Crippen LogP) is 3.98. The number of nitro groups is 1. The van der Waals surface area contributed by atoms with Gasteiger partial charge in [0.1, 0.15) is 5.69 Å². The average molecular weight is 260 g/mol. The molecule has 1 aromatic rings. The number of nitro benzene ring substituents is 1. The molecule has 1 aromatic carbocycles. The highest BCUT2D eigenvalue weighted by atomic mass is 16.6. The number of hydrogen-bond acceptors (Lipinski definition) is 3. The van der Waals surface area contributed by atoms with Crippen molar-refractivity contribution >= 4 is 11.4 Å². The van der Waals surface area contributed by atoms with E-state index in [1.54, 1.807) is 6.07 Å². The van der Waals surface area contributed by atoms with Gasteiger partial charge >= 0.3 is 0 Å². The lowest BCUT2D eigenvalue weighted by molar-refractivity contribution is -0.384. The summed E-state index contributed by atoms with van der Waals surface area (Å²) in [5.74, 6) is 0.575. The van der Waals surface area contributed by atoms with Crippen LogP contribution < -0.4 is 5.32 Å². The van der Waals surface area contributed by atoms with Gasteiger partial charge in [0.25, 0.3) is 5.69 Å². The number of rotatable bonds is 4. The van der Waals surface area contributed by atoms with Crippen molar-refractivity contribution in [3.63, 3.8) is 0 Å². The van der Waals surface area contributed by atoms with Crippen molar-refractivity contribution in [2.24, 2.45) is 5.92 Å². The van der Waals surface area contributed by atoms with Gasteiger partial charge in [0.2, 0.25) is 0 Å². The van der Waals surface area contributed by atoms with Crippen molar-refractivity contribution < 1.29 is 4.92 Å². The molecule has 0 aromatic heterocycles. The normalized spacial score (nSPS) is 18.3. The first kappa shape index (κ1) is 13.6. The van der Waals surface area contributed by atoms with Crippen molar-refractivity contribution in [3.8, 4) is 0 Å². The monoisotopic (exact) mass is 260 g/mol. The maximum absolute atomic E-state index is 11.1. The van der Waals surface area contributed by atoms with Gasteiger partial charge in [-0.2, -0.15) is 0 Å². The molecule has 1 N–H and O–H groups in total. The number of aryl methyl sites for hydroxylation is 2. The molecular weight excluding hydrogens is 240 g/mol. The molecule has 1 atom stereocenters. The van der Waals surface area contributed by atoms with Crippen LogP contribution in [0.3, 0.4) is 0 Å². The van der Waals surface area contributed by atoms with Crippen molar-refractivity contribution in [2.75, 3.05) is 11.9 Å². The summed E-state index contributed by atoms with van der Waals surface area (Å²) >= 11 is 0. The molecule has 4 heteroatoms. The van der Waals surface area contributed by atoms with E-state index in [1.165, 1.54) is 0 Å². The minimum atomic E-state index is -0.310. The van der Waals surface area contributed by atoms with Gasteiger partial charge in [-0.25, -0.2) is 0 Å². The van der Waals surface area contributed by atoms with Crippen LogP contribution in [-0.2, 0) is 0 Å². The van der Waals surface area contributed by atoms with E-state index in [2.05, 4.69) is 17.5 Å². The fourth-order valence-electron chi connectivity index (χ4n) is 2.39. The van der Waals surface area contributed by atoms with Gasteiger partial charge in [0.15, 0.2) is 0 Å². The highest BCUT2D eigenvalue weighted by Crippen LogP contribution is 2.29. The molecule has 2 rings (SSSR count). The van der Waals surface area contributed by atoms with Crippen molar-refractivity contribution in [2.45, 2.75) is 33.1 Å². The first-order valence-corrected chi connectivity index (χ1v) is 6.72. The van der Waals surface area contributed by atoms with Crippen molar-refractivity contribution in [1.82, 2.24) is 0 Å². The summed E-state index contributed by atoms with van der Waals surface area (Å²) in [6, 6.07) is 3.53. The van der Waals surface area contributed by atoms with E-state index in [-0.39, 0.29) is 10.6 Å². The highest BCUT2D eigenvalue weighted by molar-refractivity contribution is 5.64. The fourth-order valence-corrected chi connectivity index (χ4v) is 2.39. The van der Waals surface area contributed by atoms with Crippen LogP contribution in [0, 0.1) is 29.9 Å². The van der Waals surface area contributed by atoms with Crippen LogP contribution in [0.2, 0.25) is 0 Å². The van der Waals surface area contributed by atoms with Crippen LogP contribution in [0.4, 0.5) is 11.4 Å². The lowest BCUT2D eigenvalue weighted by Gasteiger charge is -2.19. The van der Waals surface area contributed by atoms with Gasteiger partial charge in [0, 0.05) is 12.6 Å². The second kappa shape index (κ2) is 5.87. The Hall–Kier alpha value is -1.84. The summed E-state index contributed by atoms with van der Waals surface area (Å²) in [4.78, 5) is 10.8. The van der Waals surface area contributed by atoms with Gasteiger partial charge in [-0.3, -0.25) is 10.1 Å². The number of benzene rings is 1. The van der Waals surface area contributed by atoms with Gasteiger partial charge in [-0.15, -0.1) is 0 Å². The van der Waals surface area contributed by atoms with Crippen LogP contribution >= 0.6 is 0 Å². The molecular formula is C15H20N2O2. The Morgan fingerprint density at radius 1 is 1.32 bits per heavy atom. The molecule has 4 nitrogen and oxygen atoms in total. The fraction of sp³-hybridized carbons (Fsp3) is 0.467. The van der Waals surface area contributed by atoms with Crippen molar-refractivity contribution in [1.29, 1.82) is 0 Å². The molecule has 1 unspecified atom stereocenters. The van der Waals surface area contributed by atoms with Gasteiger partial charge in [-0.1, -0.05) is 12.2 Å². The molecule has 0 aliphatic heterocycles. The van der Waals surface area contributed by atoms with Crippen LogP contribution in [-0.4, -0.2) is 11.5 Å². The second-order valence-corrected chi connectivity index (χ2v) is 5.24. The molecule has 102 valence electrons. The zero-order valence-electron chi connectivity index (χ0n) is 11.5. The van der Waals surface area contributed by atoms with E-state index in [0.717, 1.165) is 36.9 Å². The second-order valence-electron chi connectivity index (χ2n) is 5.24. The summed E-state index contributed by atoms with van der Waals surface area (Å²) in [6.45, 7) is 4.68. The maximum atomic E-state index is 11.1. The Kier molecular flexibility index (Phi) is 4.20. The molecule has 0 radical (unpaired) electrons. The topological polar surface area (TPSA) is 55.2 Å². The van der Waals surface area contributed by atoms with Gasteiger partial charge in [0.05, 0.1) is 4.92 Å². The number of allylic oxidation sites excluding steroid dienone is 2. The number of hydrogen-bond donors (Lipinski definition) is 1. The van der Waals surface area contributed by atoms with Gasteiger partial charge < -0.3 is 5.32 Å². The minimum absolute atomic E-state index is 0.175. The third-order valence-electron chi connectivity index (χ3n) is 3.77. The smallest absolute Gasteiger partial charge is 0.292 e. The maximum Gasteiger partial charge on any atom is 0.292 e. The summed E-state index contributed by atoms with van der Waals surface area (Å²) in [7, 11) is 0. The van der Waals surface area contributed by atoms with Gasteiger partial charge in [-0.05, 0) is 56.2 Å². The van der Waals surface area contributed by atoms with Crippen LogP contribution in [0.1, 0.15) is 30.4 Å². The number of nitrogens with one attached hydrogen (secondary N) is 1. The third kappa shape index (κ3) is 3.34. The average Bonchev–Trinajstić information content (AvgIpc) is 2.40. The van der Waals surface area contributed by atoms with E-state index in [1.807, 2.05) is 19.9 Å². The third-order valence-corrected chi connectivity index (χ3v) is 3.77. The first-order valence-electron chi connectivity index (χ1n) is 6.72. The zero-order valence-corrected chi connectivity index (χ0v) is 11.5. The lowest BCUT2D eigenvalue weighted by atomic mass is 9.94. The molecule has 0 saturated heterocycles. The molecule has 1 aliphatic carbocycles. The highest BCUT2D eigenvalue weighted by Gasteiger charge is 2.17. The van der Waals surface area contributed by atoms with E-state index in [0.29, 0.717) is 11.6 Å². The Balaban J connectivity index is 2.12. The van der Waals surface area contributed by atoms with E-state index in [4.69, 9.17) is 0 Å².